The second kappa shape index (κ2) is 6.94. The standard InChI is InChI=1S/C19H26N2O4/c1-19(2,3)25-18(23)21-11-12-24-16-14(13-21)7-6-8-15(16)17(22)20-9-4-5-10-20/h6-8H,4-5,9-13H2,1-3H3. The maximum absolute atomic E-state index is 12.8. The van der Waals surface area contributed by atoms with Crippen molar-refractivity contribution in [2.45, 2.75) is 45.8 Å². The number of para-hydroxylation sites is 1. The lowest BCUT2D eigenvalue weighted by molar-refractivity contribution is 0.0225. The summed E-state index contributed by atoms with van der Waals surface area (Å²) in [6.07, 6.45) is 1.74. The van der Waals surface area contributed by atoms with E-state index in [4.69, 9.17) is 9.47 Å². The number of rotatable bonds is 1. The van der Waals surface area contributed by atoms with Crippen LogP contribution in [0.25, 0.3) is 0 Å². The Labute approximate surface area is 148 Å². The Morgan fingerprint density at radius 1 is 1.08 bits per heavy atom. The van der Waals surface area contributed by atoms with Gasteiger partial charge in [0.25, 0.3) is 5.91 Å². The molecule has 0 unspecified atom stereocenters. The van der Waals surface area contributed by atoms with Crippen LogP contribution in [-0.2, 0) is 11.3 Å². The Morgan fingerprint density at radius 2 is 1.80 bits per heavy atom. The molecular formula is C19H26N2O4. The van der Waals surface area contributed by atoms with E-state index >= 15 is 0 Å². The molecule has 1 saturated heterocycles. The second-order valence-corrected chi connectivity index (χ2v) is 7.54. The third kappa shape index (κ3) is 4.06. The van der Waals surface area contributed by atoms with Crippen LogP contribution in [0.3, 0.4) is 0 Å². The molecule has 136 valence electrons. The van der Waals surface area contributed by atoms with Gasteiger partial charge in [0.15, 0.2) is 0 Å². The van der Waals surface area contributed by atoms with E-state index in [1.165, 1.54) is 0 Å². The fourth-order valence-electron chi connectivity index (χ4n) is 3.16. The number of ether oxygens (including phenoxy) is 2. The van der Waals surface area contributed by atoms with Crippen molar-refractivity contribution in [1.29, 1.82) is 0 Å². The SMILES string of the molecule is CC(C)(C)OC(=O)N1CCOc2c(cccc2C(=O)N2CCCC2)C1. The van der Waals surface area contributed by atoms with Crippen molar-refractivity contribution in [1.82, 2.24) is 9.80 Å². The molecule has 25 heavy (non-hydrogen) atoms. The lowest BCUT2D eigenvalue weighted by atomic mass is 10.1. The zero-order valence-electron chi connectivity index (χ0n) is 15.2. The van der Waals surface area contributed by atoms with E-state index < -0.39 is 5.60 Å². The minimum atomic E-state index is -0.541. The summed E-state index contributed by atoms with van der Waals surface area (Å²) in [7, 11) is 0. The normalized spacial score (nSPS) is 17.6. The van der Waals surface area contributed by atoms with Crippen LogP contribution in [0.15, 0.2) is 18.2 Å². The van der Waals surface area contributed by atoms with E-state index in [1.807, 2.05) is 43.9 Å². The van der Waals surface area contributed by atoms with Crippen molar-refractivity contribution in [2.75, 3.05) is 26.2 Å². The predicted molar refractivity (Wildman–Crippen MR) is 93.7 cm³/mol. The molecule has 2 aliphatic rings. The third-order valence-corrected chi connectivity index (χ3v) is 4.34. The van der Waals surface area contributed by atoms with Gasteiger partial charge in [0.2, 0.25) is 0 Å². The van der Waals surface area contributed by atoms with Crippen molar-refractivity contribution in [2.24, 2.45) is 0 Å². The van der Waals surface area contributed by atoms with E-state index in [0.29, 0.717) is 31.0 Å². The molecule has 6 heteroatoms. The number of fused-ring (bicyclic) bond motifs is 1. The van der Waals surface area contributed by atoms with Crippen LogP contribution in [0.5, 0.6) is 5.75 Å². The molecule has 0 spiro atoms. The average Bonchev–Trinajstić information content (AvgIpc) is 2.98. The molecule has 1 aromatic rings. The van der Waals surface area contributed by atoms with Gasteiger partial charge in [-0.1, -0.05) is 12.1 Å². The average molecular weight is 346 g/mol. The van der Waals surface area contributed by atoms with E-state index in [1.54, 1.807) is 4.90 Å². The summed E-state index contributed by atoms with van der Waals surface area (Å²) in [6, 6.07) is 5.56. The van der Waals surface area contributed by atoms with Gasteiger partial charge < -0.3 is 19.3 Å². The van der Waals surface area contributed by atoms with Crippen LogP contribution in [0.2, 0.25) is 0 Å². The van der Waals surface area contributed by atoms with Gasteiger partial charge in [-0.3, -0.25) is 4.79 Å². The third-order valence-electron chi connectivity index (χ3n) is 4.34. The van der Waals surface area contributed by atoms with E-state index in [0.717, 1.165) is 31.5 Å². The number of amides is 2. The highest BCUT2D eigenvalue weighted by Gasteiger charge is 2.29. The maximum atomic E-state index is 12.8. The van der Waals surface area contributed by atoms with E-state index in [-0.39, 0.29) is 12.0 Å². The van der Waals surface area contributed by atoms with Gasteiger partial charge in [0, 0.05) is 18.7 Å². The predicted octanol–water partition coefficient (Wildman–Crippen LogP) is 3.05. The Balaban J connectivity index is 1.82. The monoisotopic (exact) mass is 346 g/mol. The molecule has 0 aromatic heterocycles. The van der Waals surface area contributed by atoms with Gasteiger partial charge in [-0.05, 0) is 39.7 Å². The van der Waals surface area contributed by atoms with Gasteiger partial charge in [0.1, 0.15) is 18.0 Å². The zero-order valence-corrected chi connectivity index (χ0v) is 15.2. The quantitative estimate of drug-likeness (QED) is 0.784. The number of nitrogens with zero attached hydrogens (tertiary/aromatic N) is 2. The Kier molecular flexibility index (Phi) is 4.88. The molecule has 0 aliphatic carbocycles. The van der Waals surface area contributed by atoms with Crippen molar-refractivity contribution in [3.63, 3.8) is 0 Å². The summed E-state index contributed by atoms with van der Waals surface area (Å²) < 4.78 is 11.3. The Morgan fingerprint density at radius 3 is 2.48 bits per heavy atom. The van der Waals surface area contributed by atoms with Gasteiger partial charge in [-0.15, -0.1) is 0 Å². The maximum Gasteiger partial charge on any atom is 0.410 e. The first-order valence-corrected chi connectivity index (χ1v) is 8.87. The van der Waals surface area contributed by atoms with Crippen LogP contribution in [0.1, 0.15) is 49.5 Å². The first-order chi connectivity index (χ1) is 11.8. The lowest BCUT2D eigenvalue weighted by Gasteiger charge is -2.26. The molecule has 2 heterocycles. The highest BCUT2D eigenvalue weighted by molar-refractivity contribution is 5.97. The van der Waals surface area contributed by atoms with Crippen LogP contribution >= 0.6 is 0 Å². The second-order valence-electron chi connectivity index (χ2n) is 7.54. The molecule has 0 saturated carbocycles. The number of carbonyl (C=O) groups is 2. The van der Waals surface area contributed by atoms with Gasteiger partial charge in [-0.2, -0.15) is 0 Å². The summed E-state index contributed by atoms with van der Waals surface area (Å²) in [5.41, 5.74) is 0.888. The number of hydrogen-bond acceptors (Lipinski definition) is 4. The van der Waals surface area contributed by atoms with Crippen LogP contribution in [0.4, 0.5) is 4.79 Å². The Hall–Kier alpha value is -2.24. The fraction of sp³-hybridized carbons (Fsp3) is 0.579. The molecule has 0 N–H and O–H groups in total. The van der Waals surface area contributed by atoms with Crippen LogP contribution in [-0.4, -0.2) is 53.6 Å². The molecular weight excluding hydrogens is 320 g/mol. The zero-order chi connectivity index (χ0) is 18.0. The summed E-state index contributed by atoms with van der Waals surface area (Å²) in [5, 5.41) is 0. The topological polar surface area (TPSA) is 59.1 Å². The van der Waals surface area contributed by atoms with Crippen molar-refractivity contribution in [3.8, 4) is 5.75 Å². The molecule has 0 radical (unpaired) electrons. The smallest absolute Gasteiger partial charge is 0.410 e. The molecule has 1 fully saturated rings. The number of carbonyl (C=O) groups excluding carboxylic acids is 2. The first-order valence-electron chi connectivity index (χ1n) is 8.87. The van der Waals surface area contributed by atoms with E-state index in [2.05, 4.69) is 0 Å². The fourth-order valence-corrected chi connectivity index (χ4v) is 3.16. The molecule has 6 nitrogen and oxygen atoms in total. The minimum Gasteiger partial charge on any atom is -0.491 e. The molecule has 0 atom stereocenters. The van der Waals surface area contributed by atoms with E-state index in [9.17, 15) is 9.59 Å². The summed E-state index contributed by atoms with van der Waals surface area (Å²) in [5.74, 6) is 0.616. The van der Waals surface area contributed by atoms with Crippen LogP contribution < -0.4 is 4.74 Å². The number of hydrogen-bond donors (Lipinski definition) is 0. The summed E-state index contributed by atoms with van der Waals surface area (Å²) >= 11 is 0. The first kappa shape index (κ1) is 17.6. The lowest BCUT2D eigenvalue weighted by Crippen LogP contribution is -2.37. The van der Waals surface area contributed by atoms with Crippen molar-refractivity contribution >= 4 is 12.0 Å². The van der Waals surface area contributed by atoms with Gasteiger partial charge >= 0.3 is 6.09 Å². The van der Waals surface area contributed by atoms with Crippen LogP contribution in [0, 0.1) is 0 Å². The molecule has 2 aliphatic heterocycles. The largest absolute Gasteiger partial charge is 0.491 e. The highest BCUT2D eigenvalue weighted by Crippen LogP contribution is 2.30. The molecule has 1 aromatic carbocycles. The number of benzene rings is 1. The number of likely N-dealkylation sites (tertiary alicyclic amines) is 1. The minimum absolute atomic E-state index is 0.0140. The summed E-state index contributed by atoms with van der Waals surface area (Å²) in [4.78, 5) is 28.6. The molecule has 3 rings (SSSR count). The van der Waals surface area contributed by atoms with Crippen molar-refractivity contribution < 1.29 is 19.1 Å². The molecule has 2 amide bonds. The summed E-state index contributed by atoms with van der Waals surface area (Å²) in [6.45, 7) is 8.29. The Bertz CT molecular complexity index is 660. The van der Waals surface area contributed by atoms with Gasteiger partial charge in [0.05, 0.1) is 18.7 Å². The molecule has 0 bridgehead atoms. The highest BCUT2D eigenvalue weighted by atomic mass is 16.6. The van der Waals surface area contributed by atoms with Gasteiger partial charge in [-0.25, -0.2) is 4.79 Å². The van der Waals surface area contributed by atoms with Crippen molar-refractivity contribution in [3.05, 3.63) is 29.3 Å².